The van der Waals surface area contributed by atoms with Crippen molar-refractivity contribution in [1.29, 1.82) is 0 Å². The van der Waals surface area contributed by atoms with Crippen molar-refractivity contribution in [2.75, 3.05) is 20.3 Å². The van der Waals surface area contributed by atoms with Gasteiger partial charge in [0.25, 0.3) is 0 Å². The molecule has 0 saturated carbocycles. The van der Waals surface area contributed by atoms with Gasteiger partial charge in [0.1, 0.15) is 11.3 Å². The third-order valence-corrected chi connectivity index (χ3v) is 3.06. The summed E-state index contributed by atoms with van der Waals surface area (Å²) in [6.07, 6.45) is 0.948. The maximum atomic E-state index is 12.0. The molecule has 0 saturated heterocycles. The summed E-state index contributed by atoms with van der Waals surface area (Å²) in [5.41, 5.74) is 0.0476. The van der Waals surface area contributed by atoms with Crippen LogP contribution in [-0.2, 0) is 15.1 Å². The van der Waals surface area contributed by atoms with Crippen molar-refractivity contribution < 1.29 is 14.3 Å². The lowest BCUT2D eigenvalue weighted by Gasteiger charge is -2.28. The zero-order chi connectivity index (χ0) is 14.3. The molecule has 1 unspecified atom stereocenters. The van der Waals surface area contributed by atoms with Crippen LogP contribution in [0.2, 0.25) is 0 Å². The first kappa shape index (κ1) is 15.5. The molecule has 4 heteroatoms. The van der Waals surface area contributed by atoms with E-state index in [0.717, 1.165) is 24.3 Å². The second kappa shape index (κ2) is 7.14. The maximum Gasteiger partial charge on any atom is 0.330 e. The Morgan fingerprint density at radius 3 is 2.37 bits per heavy atom. The van der Waals surface area contributed by atoms with Gasteiger partial charge in [-0.25, -0.2) is 4.79 Å². The highest BCUT2D eigenvalue weighted by molar-refractivity contribution is 5.82. The highest BCUT2D eigenvalue weighted by atomic mass is 16.5. The van der Waals surface area contributed by atoms with Crippen LogP contribution in [0.1, 0.15) is 32.8 Å². The van der Waals surface area contributed by atoms with Gasteiger partial charge >= 0.3 is 5.97 Å². The Kier molecular flexibility index (Phi) is 5.83. The van der Waals surface area contributed by atoms with Gasteiger partial charge in [-0.3, -0.25) is 5.32 Å². The average Bonchev–Trinajstić information content (AvgIpc) is 2.45. The molecule has 19 heavy (non-hydrogen) atoms. The first-order chi connectivity index (χ1) is 9.08. The summed E-state index contributed by atoms with van der Waals surface area (Å²) >= 11 is 0. The van der Waals surface area contributed by atoms with Crippen LogP contribution in [0.25, 0.3) is 0 Å². The molecule has 106 valence electrons. The van der Waals surface area contributed by atoms with Gasteiger partial charge in [0.05, 0.1) is 13.7 Å². The number of benzene rings is 1. The van der Waals surface area contributed by atoms with E-state index in [4.69, 9.17) is 9.47 Å². The van der Waals surface area contributed by atoms with Crippen molar-refractivity contribution in [3.8, 4) is 5.75 Å². The molecule has 0 heterocycles. The Hall–Kier alpha value is -1.55. The van der Waals surface area contributed by atoms with Crippen molar-refractivity contribution in [1.82, 2.24) is 5.32 Å². The zero-order valence-corrected chi connectivity index (χ0v) is 12.2. The molecule has 1 atom stereocenters. The Morgan fingerprint density at radius 1 is 1.26 bits per heavy atom. The van der Waals surface area contributed by atoms with E-state index in [2.05, 4.69) is 12.2 Å². The van der Waals surface area contributed by atoms with Crippen LogP contribution in [0.15, 0.2) is 24.3 Å². The summed E-state index contributed by atoms with van der Waals surface area (Å²) in [5.74, 6) is 0.513. The van der Waals surface area contributed by atoms with E-state index in [1.807, 2.05) is 38.1 Å². The second-order valence-electron chi connectivity index (χ2n) is 4.50. The minimum absolute atomic E-state index is 0.287. The molecule has 0 radical (unpaired) electrons. The van der Waals surface area contributed by atoms with Crippen molar-refractivity contribution in [2.45, 2.75) is 32.7 Å². The smallest absolute Gasteiger partial charge is 0.330 e. The van der Waals surface area contributed by atoms with Gasteiger partial charge < -0.3 is 9.47 Å². The van der Waals surface area contributed by atoms with Crippen molar-refractivity contribution >= 4 is 5.97 Å². The van der Waals surface area contributed by atoms with E-state index in [0.29, 0.717) is 6.61 Å². The number of esters is 1. The summed E-state index contributed by atoms with van der Waals surface area (Å²) < 4.78 is 10.3. The number of nitrogens with one attached hydrogen (secondary N) is 1. The Morgan fingerprint density at radius 2 is 1.89 bits per heavy atom. The predicted octanol–water partition coefficient (Wildman–Crippen LogP) is 2.47. The van der Waals surface area contributed by atoms with E-state index in [9.17, 15) is 4.79 Å². The van der Waals surface area contributed by atoms with Crippen LogP contribution in [0, 0.1) is 0 Å². The standard InChI is InChI=1S/C15H23NO3/c1-5-11-16-15(3,14(17)18-4)12-7-9-13(10-8-12)19-6-2/h7-10,16H,5-6,11H2,1-4H3. The maximum absolute atomic E-state index is 12.0. The highest BCUT2D eigenvalue weighted by Gasteiger charge is 2.35. The molecule has 0 amide bonds. The Labute approximate surface area is 115 Å². The van der Waals surface area contributed by atoms with Gasteiger partial charge in [0.2, 0.25) is 0 Å². The largest absolute Gasteiger partial charge is 0.494 e. The van der Waals surface area contributed by atoms with Gasteiger partial charge in [-0.2, -0.15) is 0 Å². The number of methoxy groups -OCH3 is 1. The van der Waals surface area contributed by atoms with E-state index in [-0.39, 0.29) is 5.97 Å². The predicted molar refractivity (Wildman–Crippen MR) is 75.3 cm³/mol. The third kappa shape index (κ3) is 3.70. The topological polar surface area (TPSA) is 47.6 Å². The fourth-order valence-corrected chi connectivity index (χ4v) is 1.92. The molecule has 0 bridgehead atoms. The number of hydrogen-bond acceptors (Lipinski definition) is 4. The minimum atomic E-state index is -0.824. The lowest BCUT2D eigenvalue weighted by atomic mass is 9.91. The van der Waals surface area contributed by atoms with Crippen molar-refractivity contribution in [2.24, 2.45) is 0 Å². The first-order valence-electron chi connectivity index (χ1n) is 6.65. The van der Waals surface area contributed by atoms with Gasteiger partial charge in [-0.05, 0) is 44.5 Å². The molecule has 0 aliphatic rings. The molecule has 0 aliphatic heterocycles. The summed E-state index contributed by atoms with van der Waals surface area (Å²) in [4.78, 5) is 12.0. The van der Waals surface area contributed by atoms with Crippen LogP contribution in [0.3, 0.4) is 0 Å². The third-order valence-electron chi connectivity index (χ3n) is 3.06. The molecule has 0 aromatic heterocycles. The Balaban J connectivity index is 2.99. The molecule has 0 aliphatic carbocycles. The van der Waals surface area contributed by atoms with Crippen LogP contribution >= 0.6 is 0 Å². The van der Waals surface area contributed by atoms with Crippen LogP contribution in [-0.4, -0.2) is 26.2 Å². The van der Waals surface area contributed by atoms with Gasteiger partial charge in [0.15, 0.2) is 0 Å². The Bertz CT molecular complexity index is 402. The number of ether oxygens (including phenoxy) is 2. The lowest BCUT2D eigenvalue weighted by molar-refractivity contribution is -0.148. The fraction of sp³-hybridized carbons (Fsp3) is 0.533. The van der Waals surface area contributed by atoms with E-state index >= 15 is 0 Å². The summed E-state index contributed by atoms with van der Waals surface area (Å²) in [6.45, 7) is 7.21. The molecule has 0 spiro atoms. The number of rotatable bonds is 7. The highest BCUT2D eigenvalue weighted by Crippen LogP contribution is 2.24. The van der Waals surface area contributed by atoms with E-state index in [1.165, 1.54) is 7.11 Å². The fourth-order valence-electron chi connectivity index (χ4n) is 1.92. The molecular formula is C15H23NO3. The van der Waals surface area contributed by atoms with E-state index in [1.54, 1.807) is 0 Å². The van der Waals surface area contributed by atoms with Crippen molar-refractivity contribution in [3.63, 3.8) is 0 Å². The van der Waals surface area contributed by atoms with Gasteiger partial charge in [-0.1, -0.05) is 19.1 Å². The van der Waals surface area contributed by atoms with Crippen LogP contribution in [0.5, 0.6) is 5.75 Å². The van der Waals surface area contributed by atoms with Crippen LogP contribution in [0.4, 0.5) is 0 Å². The normalized spacial score (nSPS) is 13.7. The second-order valence-corrected chi connectivity index (χ2v) is 4.50. The monoisotopic (exact) mass is 265 g/mol. The van der Waals surface area contributed by atoms with Crippen molar-refractivity contribution in [3.05, 3.63) is 29.8 Å². The first-order valence-corrected chi connectivity index (χ1v) is 6.65. The molecule has 1 aromatic carbocycles. The minimum Gasteiger partial charge on any atom is -0.494 e. The number of carbonyl (C=O) groups is 1. The number of hydrogen-bond donors (Lipinski definition) is 1. The zero-order valence-electron chi connectivity index (χ0n) is 12.2. The SMILES string of the molecule is CCCNC(C)(C(=O)OC)c1ccc(OCC)cc1. The van der Waals surface area contributed by atoms with Crippen LogP contribution < -0.4 is 10.1 Å². The molecule has 1 aromatic rings. The number of carbonyl (C=O) groups excluding carboxylic acids is 1. The molecule has 1 N–H and O–H groups in total. The lowest BCUT2D eigenvalue weighted by Crippen LogP contribution is -2.47. The van der Waals surface area contributed by atoms with Gasteiger partial charge in [0, 0.05) is 0 Å². The van der Waals surface area contributed by atoms with Gasteiger partial charge in [-0.15, -0.1) is 0 Å². The quantitative estimate of drug-likeness (QED) is 0.769. The summed E-state index contributed by atoms with van der Waals surface area (Å²) in [6, 6.07) is 7.52. The molecular weight excluding hydrogens is 242 g/mol. The molecule has 0 fully saturated rings. The average molecular weight is 265 g/mol. The summed E-state index contributed by atoms with van der Waals surface area (Å²) in [5, 5.41) is 3.25. The molecule has 4 nitrogen and oxygen atoms in total. The summed E-state index contributed by atoms with van der Waals surface area (Å²) in [7, 11) is 1.41. The molecule has 1 rings (SSSR count). The van der Waals surface area contributed by atoms with E-state index < -0.39 is 5.54 Å².